The van der Waals surface area contributed by atoms with Gasteiger partial charge in [0.2, 0.25) is 0 Å². The third kappa shape index (κ3) is 5.92. The van der Waals surface area contributed by atoms with E-state index in [0.717, 1.165) is 24.8 Å². The second-order valence-corrected chi connectivity index (χ2v) is 3.95. The maximum atomic E-state index is 11.4. The quantitative estimate of drug-likeness (QED) is 0.745. The molecule has 17 heavy (non-hydrogen) atoms. The van der Waals surface area contributed by atoms with E-state index in [4.69, 9.17) is 10.5 Å². The molecule has 1 rings (SSSR count). The summed E-state index contributed by atoms with van der Waals surface area (Å²) in [5, 5.41) is 2.60. The van der Waals surface area contributed by atoms with Crippen LogP contribution in [0.1, 0.15) is 31.7 Å². The van der Waals surface area contributed by atoms with Crippen LogP contribution in [0.25, 0.3) is 0 Å². The van der Waals surface area contributed by atoms with Crippen LogP contribution >= 0.6 is 0 Å². The molecule has 0 radical (unpaired) electrons. The lowest BCUT2D eigenvalue weighted by molar-refractivity contribution is 0.135. The van der Waals surface area contributed by atoms with Crippen LogP contribution in [0, 0.1) is 0 Å². The Morgan fingerprint density at radius 2 is 2.12 bits per heavy atom. The van der Waals surface area contributed by atoms with Crippen LogP contribution in [-0.4, -0.2) is 12.3 Å². The van der Waals surface area contributed by atoms with Crippen LogP contribution in [0.15, 0.2) is 30.3 Å². The first-order valence-corrected chi connectivity index (χ1v) is 5.95. The molecule has 0 bridgehead atoms. The van der Waals surface area contributed by atoms with Gasteiger partial charge in [-0.3, -0.25) is 0 Å². The first-order valence-electron chi connectivity index (χ1n) is 5.95. The summed E-state index contributed by atoms with van der Waals surface area (Å²) in [5.74, 6) is 0. The molecule has 1 amide bonds. The summed E-state index contributed by atoms with van der Waals surface area (Å²) >= 11 is 0. The predicted molar refractivity (Wildman–Crippen MR) is 67.3 cm³/mol. The lowest BCUT2D eigenvalue weighted by Gasteiger charge is -2.13. The summed E-state index contributed by atoms with van der Waals surface area (Å²) < 4.78 is 5.05. The van der Waals surface area contributed by atoms with Crippen molar-refractivity contribution in [3.05, 3.63) is 35.9 Å². The lowest BCUT2D eigenvalue weighted by atomic mass is 10.2. The summed E-state index contributed by atoms with van der Waals surface area (Å²) in [7, 11) is 0. The van der Waals surface area contributed by atoms with E-state index >= 15 is 0 Å². The van der Waals surface area contributed by atoms with Crippen LogP contribution in [0.2, 0.25) is 0 Å². The molecule has 94 valence electrons. The van der Waals surface area contributed by atoms with Gasteiger partial charge in [-0.2, -0.15) is 0 Å². The van der Waals surface area contributed by atoms with Gasteiger partial charge in [0, 0.05) is 0 Å². The number of hydrogen-bond acceptors (Lipinski definition) is 3. The fourth-order valence-corrected chi connectivity index (χ4v) is 1.41. The molecular formula is C13H20N2O2. The van der Waals surface area contributed by atoms with Gasteiger partial charge in [-0.15, -0.1) is 0 Å². The zero-order valence-corrected chi connectivity index (χ0v) is 10.2. The zero-order chi connectivity index (χ0) is 12.5. The highest BCUT2D eigenvalue weighted by molar-refractivity contribution is 5.67. The highest BCUT2D eigenvalue weighted by Gasteiger charge is 2.07. The van der Waals surface area contributed by atoms with E-state index in [1.807, 2.05) is 30.3 Å². The number of nitrogens with one attached hydrogen (secondary N) is 1. The van der Waals surface area contributed by atoms with E-state index in [2.05, 4.69) is 12.2 Å². The van der Waals surface area contributed by atoms with Gasteiger partial charge in [0.05, 0.1) is 6.17 Å². The minimum absolute atomic E-state index is 0.271. The number of alkyl carbamates (subject to hydrolysis) is 1. The summed E-state index contributed by atoms with van der Waals surface area (Å²) in [6.07, 6.45) is 2.06. The third-order valence-corrected chi connectivity index (χ3v) is 2.38. The minimum Gasteiger partial charge on any atom is -0.445 e. The van der Waals surface area contributed by atoms with Crippen molar-refractivity contribution in [3.63, 3.8) is 0 Å². The zero-order valence-electron chi connectivity index (χ0n) is 10.2. The molecule has 0 aliphatic rings. The average molecular weight is 236 g/mol. The van der Waals surface area contributed by atoms with Crippen molar-refractivity contribution in [2.45, 2.75) is 39.0 Å². The number of unbranched alkanes of at least 4 members (excludes halogenated alkanes) is 1. The van der Waals surface area contributed by atoms with Gasteiger partial charge < -0.3 is 15.8 Å². The van der Waals surface area contributed by atoms with Crippen molar-refractivity contribution >= 4 is 6.09 Å². The van der Waals surface area contributed by atoms with Crippen molar-refractivity contribution in [2.75, 3.05) is 0 Å². The maximum Gasteiger partial charge on any atom is 0.408 e. The molecule has 0 spiro atoms. The van der Waals surface area contributed by atoms with Gasteiger partial charge in [-0.1, -0.05) is 50.1 Å². The number of amides is 1. The normalized spacial score (nSPS) is 11.9. The monoisotopic (exact) mass is 236 g/mol. The number of carbonyl (C=O) groups is 1. The molecule has 0 saturated carbocycles. The van der Waals surface area contributed by atoms with Crippen molar-refractivity contribution in [1.29, 1.82) is 0 Å². The first-order chi connectivity index (χ1) is 8.22. The Morgan fingerprint density at radius 1 is 1.41 bits per heavy atom. The van der Waals surface area contributed by atoms with Gasteiger partial charge in [-0.25, -0.2) is 4.79 Å². The number of nitrogens with two attached hydrogens (primary N) is 1. The molecule has 0 aromatic heterocycles. The number of rotatable bonds is 6. The van der Waals surface area contributed by atoms with E-state index in [-0.39, 0.29) is 12.8 Å². The molecule has 1 atom stereocenters. The Balaban J connectivity index is 2.21. The Hall–Kier alpha value is -1.55. The molecule has 0 heterocycles. The summed E-state index contributed by atoms with van der Waals surface area (Å²) in [6.45, 7) is 2.35. The molecule has 1 aromatic rings. The number of ether oxygens (including phenoxy) is 1. The van der Waals surface area contributed by atoms with Crippen LogP contribution in [0.5, 0.6) is 0 Å². The molecule has 4 nitrogen and oxygen atoms in total. The van der Waals surface area contributed by atoms with E-state index in [0.29, 0.717) is 0 Å². The van der Waals surface area contributed by atoms with Crippen molar-refractivity contribution in [1.82, 2.24) is 5.32 Å². The molecule has 4 heteroatoms. The highest BCUT2D eigenvalue weighted by atomic mass is 16.5. The summed E-state index contributed by atoms with van der Waals surface area (Å²) in [4.78, 5) is 11.4. The van der Waals surface area contributed by atoms with Gasteiger partial charge in [0.25, 0.3) is 0 Å². The molecule has 0 saturated heterocycles. The average Bonchev–Trinajstić information content (AvgIpc) is 2.35. The fraction of sp³-hybridized carbons (Fsp3) is 0.462. The minimum atomic E-state index is -0.461. The second kappa shape index (κ2) is 7.68. The first kappa shape index (κ1) is 13.5. The molecule has 3 N–H and O–H groups in total. The number of benzene rings is 1. The molecular weight excluding hydrogens is 216 g/mol. The Kier molecular flexibility index (Phi) is 6.10. The van der Waals surface area contributed by atoms with Crippen molar-refractivity contribution < 1.29 is 9.53 Å². The van der Waals surface area contributed by atoms with Gasteiger partial charge in [0.15, 0.2) is 0 Å². The molecule has 0 fully saturated rings. The molecule has 1 unspecified atom stereocenters. The Morgan fingerprint density at radius 3 is 2.76 bits per heavy atom. The van der Waals surface area contributed by atoms with E-state index in [1.54, 1.807) is 0 Å². The van der Waals surface area contributed by atoms with Crippen molar-refractivity contribution in [2.24, 2.45) is 5.73 Å². The number of carbonyl (C=O) groups excluding carboxylic acids is 1. The fourth-order valence-electron chi connectivity index (χ4n) is 1.41. The third-order valence-electron chi connectivity index (χ3n) is 2.38. The summed E-state index contributed by atoms with van der Waals surface area (Å²) in [6, 6.07) is 9.55. The topological polar surface area (TPSA) is 64.3 Å². The standard InChI is InChI=1S/C13H20N2O2/c1-2-3-9-12(14)15-13(16)17-10-11-7-5-4-6-8-11/h4-8,12H,2-3,9-10,14H2,1H3,(H,15,16). The van der Waals surface area contributed by atoms with Crippen LogP contribution in [0.3, 0.4) is 0 Å². The van der Waals surface area contributed by atoms with Gasteiger partial charge >= 0.3 is 6.09 Å². The SMILES string of the molecule is CCCCC(N)NC(=O)OCc1ccccc1. The van der Waals surface area contributed by atoms with E-state index in [9.17, 15) is 4.79 Å². The molecule has 1 aromatic carbocycles. The van der Waals surface area contributed by atoms with Crippen LogP contribution < -0.4 is 11.1 Å². The van der Waals surface area contributed by atoms with Crippen LogP contribution in [-0.2, 0) is 11.3 Å². The molecule has 0 aliphatic carbocycles. The summed E-state index contributed by atoms with van der Waals surface area (Å²) in [5.41, 5.74) is 6.68. The van der Waals surface area contributed by atoms with E-state index in [1.165, 1.54) is 0 Å². The highest BCUT2D eigenvalue weighted by Crippen LogP contribution is 2.01. The van der Waals surface area contributed by atoms with E-state index < -0.39 is 6.09 Å². The Labute approximate surface area is 102 Å². The predicted octanol–water partition coefficient (Wildman–Crippen LogP) is 2.39. The van der Waals surface area contributed by atoms with Gasteiger partial charge in [-0.05, 0) is 12.0 Å². The second-order valence-electron chi connectivity index (χ2n) is 3.95. The maximum absolute atomic E-state index is 11.4. The van der Waals surface area contributed by atoms with Crippen LogP contribution in [0.4, 0.5) is 4.79 Å². The van der Waals surface area contributed by atoms with Crippen molar-refractivity contribution in [3.8, 4) is 0 Å². The largest absolute Gasteiger partial charge is 0.445 e. The number of hydrogen-bond donors (Lipinski definition) is 2. The smallest absolute Gasteiger partial charge is 0.408 e. The molecule has 0 aliphatic heterocycles. The Bertz CT molecular complexity index is 327. The lowest BCUT2D eigenvalue weighted by Crippen LogP contribution is -2.41. The van der Waals surface area contributed by atoms with Gasteiger partial charge in [0.1, 0.15) is 6.61 Å².